The molecular formula is C33H35N3O5S. The molecule has 8 nitrogen and oxygen atoms in total. The molecule has 0 aromatic heterocycles. The van der Waals surface area contributed by atoms with E-state index < -0.39 is 44.6 Å². The molecule has 0 bridgehead atoms. The monoisotopic (exact) mass is 585 g/mol. The number of para-hydroxylation sites is 2. The summed E-state index contributed by atoms with van der Waals surface area (Å²) in [6.07, 6.45) is 0.625. The highest BCUT2D eigenvalue weighted by molar-refractivity contribution is 7.89. The van der Waals surface area contributed by atoms with Gasteiger partial charge >= 0.3 is 6.09 Å². The fourth-order valence-electron chi connectivity index (χ4n) is 7.26. The lowest BCUT2D eigenvalue weighted by Crippen LogP contribution is -2.74. The molecule has 0 N–H and O–H groups in total. The lowest BCUT2D eigenvalue weighted by atomic mass is 9.51. The van der Waals surface area contributed by atoms with Gasteiger partial charge in [0.25, 0.3) is 15.9 Å². The van der Waals surface area contributed by atoms with E-state index in [4.69, 9.17) is 4.74 Å². The largest absolute Gasteiger partial charge is 0.443 e. The van der Waals surface area contributed by atoms with Gasteiger partial charge in [-0.3, -0.25) is 9.69 Å². The Balaban J connectivity index is 1.65. The molecule has 0 aliphatic carbocycles. The summed E-state index contributed by atoms with van der Waals surface area (Å²) in [5, 5.41) is 0. The minimum atomic E-state index is -4.19. The lowest BCUT2D eigenvalue weighted by molar-refractivity contribution is -0.138. The fraction of sp³-hybridized carbons (Fsp3) is 0.333. The van der Waals surface area contributed by atoms with E-state index in [-0.39, 0.29) is 17.9 Å². The average molecular weight is 586 g/mol. The molecule has 3 aliphatic heterocycles. The summed E-state index contributed by atoms with van der Waals surface area (Å²) in [6, 6.07) is 21.5. The molecule has 0 unspecified atom stereocenters. The van der Waals surface area contributed by atoms with Crippen LogP contribution in [0, 0.1) is 6.92 Å². The summed E-state index contributed by atoms with van der Waals surface area (Å²) in [5.74, 6) is -0.587. The Morgan fingerprint density at radius 3 is 2.19 bits per heavy atom. The molecule has 0 radical (unpaired) electrons. The van der Waals surface area contributed by atoms with Crippen molar-refractivity contribution < 1.29 is 22.7 Å². The number of nitrogens with zero attached hydrogens (tertiary/aromatic N) is 3. The number of fused-ring (bicyclic) bond motifs is 3. The van der Waals surface area contributed by atoms with Crippen LogP contribution >= 0.6 is 0 Å². The number of carbonyl (C=O) groups excluding carboxylic acids is 2. The Morgan fingerprint density at radius 2 is 1.57 bits per heavy atom. The lowest BCUT2D eigenvalue weighted by Gasteiger charge is -2.60. The van der Waals surface area contributed by atoms with Crippen LogP contribution in [0.1, 0.15) is 43.9 Å². The summed E-state index contributed by atoms with van der Waals surface area (Å²) in [6.45, 7) is 11.5. The Kier molecular flexibility index (Phi) is 6.14. The Bertz CT molecular complexity index is 1730. The summed E-state index contributed by atoms with van der Waals surface area (Å²) >= 11 is 0. The molecule has 3 aliphatic rings. The van der Waals surface area contributed by atoms with Crippen molar-refractivity contribution in [3.05, 3.63) is 102 Å². The minimum Gasteiger partial charge on any atom is -0.443 e. The smallest absolute Gasteiger partial charge is 0.416 e. The summed E-state index contributed by atoms with van der Waals surface area (Å²) < 4.78 is 35.1. The number of hydrogen-bond donors (Lipinski definition) is 0. The Labute approximate surface area is 247 Å². The highest BCUT2D eigenvalue weighted by Gasteiger charge is 2.73. The third-order valence-corrected chi connectivity index (χ3v) is 10.7. The van der Waals surface area contributed by atoms with Gasteiger partial charge in [0.1, 0.15) is 17.2 Å². The van der Waals surface area contributed by atoms with Crippen molar-refractivity contribution in [2.45, 2.75) is 61.6 Å². The number of carbonyl (C=O) groups is 2. The number of anilines is 2. The third-order valence-electron chi connectivity index (χ3n) is 8.89. The molecule has 9 heteroatoms. The zero-order valence-corrected chi connectivity index (χ0v) is 25.3. The second kappa shape index (κ2) is 9.19. The van der Waals surface area contributed by atoms with E-state index in [2.05, 4.69) is 6.58 Å². The second-order valence-electron chi connectivity index (χ2n) is 12.3. The molecule has 3 aromatic rings. The second-order valence-corrected chi connectivity index (χ2v) is 14.2. The molecule has 2 amide bonds. The van der Waals surface area contributed by atoms with Crippen LogP contribution in [0.2, 0.25) is 0 Å². The summed E-state index contributed by atoms with van der Waals surface area (Å²) in [4.78, 5) is 32.8. The topological polar surface area (TPSA) is 87.2 Å². The molecule has 3 atom stereocenters. The predicted octanol–water partition coefficient (Wildman–Crippen LogP) is 5.51. The van der Waals surface area contributed by atoms with Crippen molar-refractivity contribution in [1.29, 1.82) is 0 Å². The van der Waals surface area contributed by atoms with Gasteiger partial charge in [0.15, 0.2) is 0 Å². The maximum atomic E-state index is 15.0. The first-order valence-electron chi connectivity index (χ1n) is 14.0. The van der Waals surface area contributed by atoms with E-state index in [1.54, 1.807) is 47.4 Å². The van der Waals surface area contributed by atoms with Crippen molar-refractivity contribution in [2.24, 2.45) is 0 Å². The first-order valence-corrected chi connectivity index (χ1v) is 15.5. The summed E-state index contributed by atoms with van der Waals surface area (Å²) in [7, 11) is -2.29. The fourth-order valence-corrected chi connectivity index (χ4v) is 8.69. The van der Waals surface area contributed by atoms with E-state index in [1.807, 2.05) is 63.9 Å². The van der Waals surface area contributed by atoms with Crippen molar-refractivity contribution >= 4 is 33.4 Å². The zero-order valence-electron chi connectivity index (χ0n) is 24.5. The van der Waals surface area contributed by atoms with Gasteiger partial charge in [-0.05, 0) is 69.5 Å². The predicted molar refractivity (Wildman–Crippen MR) is 162 cm³/mol. The van der Waals surface area contributed by atoms with Crippen molar-refractivity contribution in [3.8, 4) is 0 Å². The van der Waals surface area contributed by atoms with Crippen LogP contribution in [0.5, 0.6) is 0 Å². The first-order chi connectivity index (χ1) is 19.8. The molecule has 1 saturated heterocycles. The van der Waals surface area contributed by atoms with Gasteiger partial charge in [0, 0.05) is 19.3 Å². The van der Waals surface area contributed by atoms with Crippen LogP contribution in [-0.4, -0.2) is 50.1 Å². The molecule has 6 rings (SSSR count). The zero-order chi connectivity index (χ0) is 30.2. The minimum absolute atomic E-state index is 0.0524. The van der Waals surface area contributed by atoms with E-state index in [0.717, 1.165) is 21.1 Å². The standard InChI is InChI=1S/C33H35N3O5S/c1-7-32-25-13-9-11-15-27(25)36(30(38)41-31(3,4)5)28-33(32,24-12-8-10-14-26(24)34(28)6)20-21-35(29(32)37)42(39,40)23-18-16-22(2)17-19-23/h7-19,28H,1,20-21H2,2-6H3/t28-,32+,33-/m0/s1. The van der Waals surface area contributed by atoms with Crippen LogP contribution in [0.3, 0.4) is 0 Å². The van der Waals surface area contributed by atoms with E-state index >= 15 is 4.79 Å². The number of rotatable bonds is 3. The number of aryl methyl sites for hydroxylation is 1. The number of sulfonamides is 1. The number of likely N-dealkylation sites (N-methyl/N-ethyl adjacent to an activating group) is 1. The molecule has 3 heterocycles. The van der Waals surface area contributed by atoms with E-state index in [9.17, 15) is 13.2 Å². The van der Waals surface area contributed by atoms with Crippen LogP contribution in [0.4, 0.5) is 16.2 Å². The van der Waals surface area contributed by atoms with Gasteiger partial charge in [-0.1, -0.05) is 60.2 Å². The third kappa shape index (κ3) is 3.55. The van der Waals surface area contributed by atoms with Gasteiger partial charge in [-0.2, -0.15) is 0 Å². The molecule has 218 valence electrons. The van der Waals surface area contributed by atoms with Crippen LogP contribution in [0.25, 0.3) is 0 Å². The van der Waals surface area contributed by atoms with E-state index in [0.29, 0.717) is 11.3 Å². The van der Waals surface area contributed by atoms with Gasteiger partial charge in [-0.25, -0.2) is 17.5 Å². The normalized spacial score (nSPS) is 24.8. The average Bonchev–Trinajstić information content (AvgIpc) is 3.19. The number of piperidine rings is 1. The van der Waals surface area contributed by atoms with Gasteiger partial charge < -0.3 is 9.64 Å². The molecule has 42 heavy (non-hydrogen) atoms. The number of ether oxygens (including phenoxy) is 1. The number of hydrogen-bond acceptors (Lipinski definition) is 6. The first kappa shape index (κ1) is 28.0. The highest BCUT2D eigenvalue weighted by Crippen LogP contribution is 2.65. The van der Waals surface area contributed by atoms with Crippen molar-refractivity contribution in [3.63, 3.8) is 0 Å². The van der Waals surface area contributed by atoms with Crippen LogP contribution in [0.15, 0.2) is 90.3 Å². The number of amides is 2. The van der Waals surface area contributed by atoms with Crippen molar-refractivity contribution in [1.82, 2.24) is 4.31 Å². The molecular weight excluding hydrogens is 550 g/mol. The molecule has 1 spiro atoms. The van der Waals surface area contributed by atoms with Crippen molar-refractivity contribution in [2.75, 3.05) is 23.4 Å². The summed E-state index contributed by atoms with van der Waals surface area (Å²) in [5.41, 5.74) is 0.301. The molecule has 1 fully saturated rings. The number of benzene rings is 3. The van der Waals surface area contributed by atoms with E-state index in [1.165, 1.54) is 12.1 Å². The Hall–Kier alpha value is -4.11. The van der Waals surface area contributed by atoms with Crippen LogP contribution < -0.4 is 9.80 Å². The van der Waals surface area contributed by atoms with Gasteiger partial charge in [-0.15, -0.1) is 6.58 Å². The highest BCUT2D eigenvalue weighted by atomic mass is 32.2. The molecule has 3 aromatic carbocycles. The quantitative estimate of drug-likeness (QED) is 0.377. The Morgan fingerprint density at radius 1 is 0.976 bits per heavy atom. The maximum Gasteiger partial charge on any atom is 0.416 e. The maximum absolute atomic E-state index is 15.0. The molecule has 0 saturated carbocycles. The van der Waals surface area contributed by atoms with Crippen LogP contribution in [-0.2, 0) is 30.4 Å². The SMILES string of the molecule is C=C[C@@]12C(=O)N(S(=O)(=O)c3ccc(C)cc3)CC[C@@]13c1ccccc1N(C)[C@H]3N(C(=O)OC(C)(C)C)c1ccccc12. The van der Waals surface area contributed by atoms with Gasteiger partial charge in [0.2, 0.25) is 0 Å². The van der Waals surface area contributed by atoms with Gasteiger partial charge in [0.05, 0.1) is 16.0 Å².